The van der Waals surface area contributed by atoms with E-state index < -0.39 is 0 Å². The van der Waals surface area contributed by atoms with Crippen molar-refractivity contribution in [3.8, 4) is 11.5 Å². The quantitative estimate of drug-likeness (QED) is 0.478. The van der Waals surface area contributed by atoms with Gasteiger partial charge in [-0.3, -0.25) is 4.99 Å². The summed E-state index contributed by atoms with van der Waals surface area (Å²) in [7, 11) is 1.77. The van der Waals surface area contributed by atoms with Gasteiger partial charge in [-0.05, 0) is 29.7 Å². The molecule has 0 saturated carbocycles. The van der Waals surface area contributed by atoms with E-state index in [2.05, 4.69) is 55.5 Å². The zero-order valence-corrected chi connectivity index (χ0v) is 16.5. The van der Waals surface area contributed by atoms with Gasteiger partial charge in [0, 0.05) is 32.5 Å². The molecule has 7 heteroatoms. The van der Waals surface area contributed by atoms with E-state index >= 15 is 0 Å². The Hall–Kier alpha value is -3.48. The predicted octanol–water partition coefficient (Wildman–Crippen LogP) is 2.57. The lowest BCUT2D eigenvalue weighted by molar-refractivity contribution is 0.174. The van der Waals surface area contributed by atoms with Gasteiger partial charge in [0.1, 0.15) is 5.82 Å². The minimum atomic E-state index is 0.299. The van der Waals surface area contributed by atoms with Crippen molar-refractivity contribution >= 4 is 5.96 Å². The fourth-order valence-electron chi connectivity index (χ4n) is 3.24. The number of nitrogens with one attached hydrogen (secondary N) is 2. The van der Waals surface area contributed by atoms with E-state index in [0.29, 0.717) is 13.3 Å². The van der Waals surface area contributed by atoms with Gasteiger partial charge in [0.25, 0.3) is 0 Å². The Bertz CT molecular complexity index is 968. The van der Waals surface area contributed by atoms with Crippen molar-refractivity contribution in [3.63, 3.8) is 0 Å². The van der Waals surface area contributed by atoms with Gasteiger partial charge in [-0.2, -0.15) is 0 Å². The van der Waals surface area contributed by atoms with Gasteiger partial charge in [-0.15, -0.1) is 0 Å². The van der Waals surface area contributed by atoms with Gasteiger partial charge in [0.2, 0.25) is 6.79 Å². The topological polar surface area (TPSA) is 72.7 Å². The minimum absolute atomic E-state index is 0.299. The van der Waals surface area contributed by atoms with E-state index in [4.69, 9.17) is 9.47 Å². The number of ether oxygens (including phenoxy) is 2. The smallest absolute Gasteiger partial charge is 0.231 e. The number of imidazole rings is 1. The molecule has 0 amide bonds. The van der Waals surface area contributed by atoms with Crippen molar-refractivity contribution < 1.29 is 9.47 Å². The molecule has 1 aliphatic heterocycles. The summed E-state index contributed by atoms with van der Waals surface area (Å²) >= 11 is 0. The molecule has 29 heavy (non-hydrogen) atoms. The van der Waals surface area contributed by atoms with E-state index in [-0.39, 0.29) is 0 Å². The molecular formula is C22H25N5O2. The Morgan fingerprint density at radius 2 is 1.93 bits per heavy atom. The number of aliphatic imine (C=N–C) groups is 1. The van der Waals surface area contributed by atoms with Crippen molar-refractivity contribution in [2.75, 3.05) is 20.4 Å². The van der Waals surface area contributed by atoms with E-state index in [9.17, 15) is 0 Å². The lowest BCUT2D eigenvalue weighted by Crippen LogP contribution is -2.38. The molecule has 3 aromatic rings. The number of hydrogen-bond acceptors (Lipinski definition) is 4. The standard InChI is InChI=1S/C22H25N5O2/c1-23-22(25-10-9-17-7-8-19-20(13-17)29-16-28-19)26-14-21-24-11-12-27(21)15-18-5-3-2-4-6-18/h2-8,11-13H,9-10,14-16H2,1H3,(H2,23,25,26). The van der Waals surface area contributed by atoms with E-state index in [0.717, 1.165) is 42.8 Å². The third kappa shape index (κ3) is 4.87. The number of benzene rings is 2. The van der Waals surface area contributed by atoms with Crippen LogP contribution in [0.3, 0.4) is 0 Å². The monoisotopic (exact) mass is 391 g/mol. The van der Waals surface area contributed by atoms with Crippen molar-refractivity contribution in [2.45, 2.75) is 19.5 Å². The number of nitrogens with zero attached hydrogens (tertiary/aromatic N) is 3. The molecule has 0 radical (unpaired) electrons. The van der Waals surface area contributed by atoms with Crippen molar-refractivity contribution in [1.82, 2.24) is 20.2 Å². The summed E-state index contributed by atoms with van der Waals surface area (Å²) in [5.41, 5.74) is 2.44. The number of rotatable bonds is 7. The maximum atomic E-state index is 5.43. The molecule has 2 heterocycles. The summed E-state index contributed by atoms with van der Waals surface area (Å²) in [6.45, 7) is 2.46. The first-order valence-electron chi connectivity index (χ1n) is 9.69. The van der Waals surface area contributed by atoms with Gasteiger partial charge < -0.3 is 24.7 Å². The number of guanidine groups is 1. The predicted molar refractivity (Wildman–Crippen MR) is 112 cm³/mol. The van der Waals surface area contributed by atoms with Crippen molar-refractivity contribution in [3.05, 3.63) is 77.9 Å². The van der Waals surface area contributed by atoms with Gasteiger partial charge in [0.05, 0.1) is 6.54 Å². The van der Waals surface area contributed by atoms with Crippen LogP contribution in [0.2, 0.25) is 0 Å². The molecule has 0 unspecified atom stereocenters. The van der Waals surface area contributed by atoms with E-state index in [1.54, 1.807) is 7.05 Å². The Morgan fingerprint density at radius 3 is 2.79 bits per heavy atom. The van der Waals surface area contributed by atoms with Gasteiger partial charge >= 0.3 is 0 Å². The number of aromatic nitrogens is 2. The second-order valence-corrected chi connectivity index (χ2v) is 6.75. The van der Waals surface area contributed by atoms with Crippen LogP contribution in [0.4, 0.5) is 0 Å². The molecule has 1 aromatic heterocycles. The van der Waals surface area contributed by atoms with Crippen molar-refractivity contribution in [1.29, 1.82) is 0 Å². The largest absolute Gasteiger partial charge is 0.454 e. The fourth-order valence-corrected chi connectivity index (χ4v) is 3.24. The molecule has 4 rings (SSSR count). The van der Waals surface area contributed by atoms with Crippen LogP contribution in [-0.4, -0.2) is 35.9 Å². The summed E-state index contributed by atoms with van der Waals surface area (Å²) in [4.78, 5) is 8.77. The van der Waals surface area contributed by atoms with Crippen LogP contribution >= 0.6 is 0 Å². The molecule has 0 bridgehead atoms. The average Bonchev–Trinajstić information content (AvgIpc) is 3.40. The first kappa shape index (κ1) is 18.9. The Labute approximate surface area is 170 Å². The molecule has 2 aromatic carbocycles. The molecule has 0 saturated heterocycles. The van der Waals surface area contributed by atoms with Crippen molar-refractivity contribution in [2.24, 2.45) is 4.99 Å². The number of fused-ring (bicyclic) bond motifs is 1. The summed E-state index contributed by atoms with van der Waals surface area (Å²) in [5.74, 6) is 3.34. The summed E-state index contributed by atoms with van der Waals surface area (Å²) in [6, 6.07) is 16.4. The Balaban J connectivity index is 1.26. The summed E-state index contributed by atoms with van der Waals surface area (Å²) < 4.78 is 12.9. The highest BCUT2D eigenvalue weighted by molar-refractivity contribution is 5.79. The molecule has 2 N–H and O–H groups in total. The Morgan fingerprint density at radius 1 is 1.07 bits per heavy atom. The average molecular weight is 391 g/mol. The molecule has 1 aliphatic rings. The third-order valence-corrected chi connectivity index (χ3v) is 4.78. The lowest BCUT2D eigenvalue weighted by atomic mass is 10.1. The van der Waals surface area contributed by atoms with Crippen LogP contribution in [0.25, 0.3) is 0 Å². The first-order chi connectivity index (χ1) is 14.3. The second-order valence-electron chi connectivity index (χ2n) is 6.75. The van der Waals surface area contributed by atoms with Gasteiger partial charge in [-0.1, -0.05) is 36.4 Å². The number of hydrogen-bond donors (Lipinski definition) is 2. The molecule has 0 spiro atoms. The fraction of sp³-hybridized carbons (Fsp3) is 0.273. The lowest BCUT2D eigenvalue weighted by Gasteiger charge is -2.13. The van der Waals surface area contributed by atoms with E-state index in [1.807, 2.05) is 30.6 Å². The third-order valence-electron chi connectivity index (χ3n) is 4.78. The van der Waals surface area contributed by atoms with Gasteiger partial charge in [0.15, 0.2) is 17.5 Å². The Kier molecular flexibility index (Phi) is 5.95. The molecule has 150 valence electrons. The minimum Gasteiger partial charge on any atom is -0.454 e. The molecule has 0 fully saturated rings. The van der Waals surface area contributed by atoms with Crippen LogP contribution in [0.5, 0.6) is 11.5 Å². The molecular weight excluding hydrogens is 366 g/mol. The highest BCUT2D eigenvalue weighted by Gasteiger charge is 2.13. The van der Waals surface area contributed by atoms with Crippen LogP contribution in [-0.2, 0) is 19.5 Å². The highest BCUT2D eigenvalue weighted by atomic mass is 16.7. The first-order valence-corrected chi connectivity index (χ1v) is 9.69. The van der Waals surface area contributed by atoms with Crippen LogP contribution in [0, 0.1) is 0 Å². The summed E-state index contributed by atoms with van der Waals surface area (Å²) in [5, 5.41) is 6.68. The maximum absolute atomic E-state index is 5.43. The molecule has 0 aliphatic carbocycles. The molecule has 0 atom stereocenters. The van der Waals surface area contributed by atoms with Crippen LogP contribution in [0.15, 0.2) is 65.9 Å². The normalized spacial score (nSPS) is 12.8. The van der Waals surface area contributed by atoms with E-state index in [1.165, 1.54) is 11.1 Å². The van der Waals surface area contributed by atoms with Gasteiger partial charge in [-0.25, -0.2) is 4.98 Å². The van der Waals surface area contributed by atoms with Crippen LogP contribution in [0.1, 0.15) is 17.0 Å². The van der Waals surface area contributed by atoms with Crippen LogP contribution < -0.4 is 20.1 Å². The summed E-state index contributed by atoms with van der Waals surface area (Å²) in [6.07, 6.45) is 4.69. The second kappa shape index (κ2) is 9.14. The molecule has 7 nitrogen and oxygen atoms in total. The highest BCUT2D eigenvalue weighted by Crippen LogP contribution is 2.32. The maximum Gasteiger partial charge on any atom is 0.231 e. The zero-order valence-electron chi connectivity index (χ0n) is 16.5. The SMILES string of the molecule is CN=C(NCCc1ccc2c(c1)OCO2)NCc1nccn1Cc1ccccc1. The zero-order chi connectivity index (χ0) is 19.9.